The zero-order valence-corrected chi connectivity index (χ0v) is 15.4. The first-order valence-corrected chi connectivity index (χ1v) is 9.41. The minimum Gasteiger partial charge on any atom is -0.483 e. The third-order valence-corrected chi connectivity index (χ3v) is 4.67. The Morgan fingerprint density at radius 1 is 1.20 bits per heavy atom. The molecular weight excluding hydrogens is 316 g/mol. The van der Waals surface area contributed by atoms with E-state index in [0.717, 1.165) is 43.4 Å². The van der Waals surface area contributed by atoms with Gasteiger partial charge in [-0.1, -0.05) is 38.5 Å². The quantitative estimate of drug-likeness (QED) is 0.787. The molecule has 25 heavy (non-hydrogen) atoms. The summed E-state index contributed by atoms with van der Waals surface area (Å²) in [6.07, 6.45) is 5.07. The van der Waals surface area contributed by atoms with Crippen molar-refractivity contribution in [2.45, 2.75) is 58.4 Å². The number of unbranched alkanes of at least 4 members (excludes halogenated alkanes) is 1. The molecule has 0 atom stereocenters. The van der Waals surface area contributed by atoms with Crippen molar-refractivity contribution in [2.75, 3.05) is 19.7 Å². The van der Waals surface area contributed by atoms with Gasteiger partial charge in [-0.3, -0.25) is 9.59 Å². The fourth-order valence-corrected chi connectivity index (χ4v) is 3.08. The second kappa shape index (κ2) is 10.1. The van der Waals surface area contributed by atoms with E-state index in [1.807, 2.05) is 29.2 Å². The van der Waals surface area contributed by atoms with E-state index >= 15 is 0 Å². The highest BCUT2D eigenvalue weighted by Gasteiger charge is 2.24. The van der Waals surface area contributed by atoms with Crippen molar-refractivity contribution in [1.29, 1.82) is 0 Å². The van der Waals surface area contributed by atoms with Gasteiger partial charge >= 0.3 is 0 Å². The maximum Gasteiger partial charge on any atom is 0.260 e. The van der Waals surface area contributed by atoms with Crippen LogP contribution in [0.25, 0.3) is 0 Å². The summed E-state index contributed by atoms with van der Waals surface area (Å²) in [7, 11) is 0. The van der Waals surface area contributed by atoms with Gasteiger partial charge in [0.15, 0.2) is 6.61 Å². The van der Waals surface area contributed by atoms with E-state index in [1.165, 1.54) is 0 Å². The minimum absolute atomic E-state index is 0.0154. The maximum absolute atomic E-state index is 12.4. The van der Waals surface area contributed by atoms with Crippen molar-refractivity contribution >= 4 is 11.8 Å². The summed E-state index contributed by atoms with van der Waals surface area (Å²) in [5.41, 5.74) is 1.11. The van der Waals surface area contributed by atoms with E-state index in [9.17, 15) is 9.59 Å². The number of nitrogens with zero attached hydrogens (tertiary/aromatic N) is 1. The van der Waals surface area contributed by atoms with E-state index in [2.05, 4.69) is 19.2 Å². The molecule has 0 saturated carbocycles. The first-order chi connectivity index (χ1) is 12.1. The number of nitrogens with one attached hydrogen (secondary N) is 1. The summed E-state index contributed by atoms with van der Waals surface area (Å²) < 4.78 is 5.72. The second-order valence-electron chi connectivity index (χ2n) is 6.58. The molecule has 1 fully saturated rings. The van der Waals surface area contributed by atoms with Crippen LogP contribution < -0.4 is 10.1 Å². The van der Waals surface area contributed by atoms with Crippen molar-refractivity contribution in [1.82, 2.24) is 10.2 Å². The predicted molar refractivity (Wildman–Crippen MR) is 98.6 cm³/mol. The molecule has 1 N–H and O–H groups in total. The minimum atomic E-state index is 0.0154. The van der Waals surface area contributed by atoms with Crippen molar-refractivity contribution in [3.63, 3.8) is 0 Å². The molecular formula is C20H30N2O3. The van der Waals surface area contributed by atoms with Crippen molar-refractivity contribution in [3.05, 3.63) is 29.8 Å². The van der Waals surface area contributed by atoms with Gasteiger partial charge in [-0.2, -0.15) is 0 Å². The van der Waals surface area contributed by atoms with Gasteiger partial charge in [0.25, 0.3) is 5.91 Å². The summed E-state index contributed by atoms with van der Waals surface area (Å²) in [5.74, 6) is 0.934. The summed E-state index contributed by atoms with van der Waals surface area (Å²) in [4.78, 5) is 26.0. The van der Waals surface area contributed by atoms with Gasteiger partial charge in [0.1, 0.15) is 5.75 Å². The number of carbonyl (C=O) groups excluding carboxylic acids is 2. The molecule has 1 aliphatic heterocycles. The molecule has 0 spiro atoms. The van der Waals surface area contributed by atoms with Crippen LogP contribution in [0.3, 0.4) is 0 Å². The fraction of sp³-hybridized carbons (Fsp3) is 0.600. The number of benzene rings is 1. The number of ether oxygens (including phenoxy) is 1. The van der Waals surface area contributed by atoms with E-state index < -0.39 is 0 Å². The molecule has 0 aliphatic carbocycles. The van der Waals surface area contributed by atoms with Gasteiger partial charge in [0.05, 0.1) is 0 Å². The Bertz CT molecular complexity index is 566. The van der Waals surface area contributed by atoms with Crippen LogP contribution in [0.2, 0.25) is 0 Å². The monoisotopic (exact) mass is 346 g/mol. The molecule has 1 aliphatic rings. The second-order valence-corrected chi connectivity index (χ2v) is 6.58. The predicted octanol–water partition coefficient (Wildman–Crippen LogP) is 2.93. The lowest BCUT2D eigenvalue weighted by Gasteiger charge is -2.32. The highest BCUT2D eigenvalue weighted by atomic mass is 16.5. The number of carbonyl (C=O) groups is 2. The molecule has 0 bridgehead atoms. The van der Waals surface area contributed by atoms with Crippen LogP contribution in [-0.4, -0.2) is 42.5 Å². The summed E-state index contributed by atoms with van der Waals surface area (Å²) >= 11 is 0. The van der Waals surface area contributed by atoms with Gasteiger partial charge in [0, 0.05) is 25.6 Å². The lowest BCUT2D eigenvalue weighted by Crippen LogP contribution is -2.47. The fourth-order valence-electron chi connectivity index (χ4n) is 3.08. The van der Waals surface area contributed by atoms with E-state index in [4.69, 9.17) is 4.74 Å². The van der Waals surface area contributed by atoms with Gasteiger partial charge in [0.2, 0.25) is 5.91 Å². The van der Waals surface area contributed by atoms with Crippen LogP contribution in [-0.2, 0) is 16.0 Å². The molecule has 1 heterocycles. The molecule has 1 saturated heterocycles. The highest BCUT2D eigenvalue weighted by Crippen LogP contribution is 2.18. The molecule has 138 valence electrons. The lowest BCUT2D eigenvalue weighted by molar-refractivity contribution is -0.134. The van der Waals surface area contributed by atoms with E-state index in [1.54, 1.807) is 0 Å². The Morgan fingerprint density at radius 3 is 2.60 bits per heavy atom. The van der Waals surface area contributed by atoms with Crippen LogP contribution >= 0.6 is 0 Å². The van der Waals surface area contributed by atoms with Crippen LogP contribution in [0.4, 0.5) is 0 Å². The Morgan fingerprint density at radius 2 is 1.92 bits per heavy atom. The lowest BCUT2D eigenvalue weighted by atomic mass is 10.0. The smallest absolute Gasteiger partial charge is 0.260 e. The Kier molecular flexibility index (Phi) is 7.76. The average molecular weight is 346 g/mol. The Hall–Kier alpha value is -2.04. The van der Waals surface area contributed by atoms with Crippen molar-refractivity contribution < 1.29 is 14.3 Å². The number of amides is 2. The third kappa shape index (κ3) is 6.07. The summed E-state index contributed by atoms with van der Waals surface area (Å²) in [6.45, 7) is 5.58. The molecule has 0 radical (unpaired) electrons. The normalized spacial score (nSPS) is 15.0. The maximum atomic E-state index is 12.4. The van der Waals surface area contributed by atoms with Gasteiger partial charge < -0.3 is 15.0 Å². The standard InChI is InChI=1S/C20H30N2O3/c1-3-5-10-19(23)21-17-11-13-22(14-12-17)20(24)15-25-18-9-7-6-8-16(18)4-2/h6-9,17H,3-5,10-15H2,1-2H3,(H,21,23). The first kappa shape index (κ1) is 19.3. The molecule has 5 heteroatoms. The van der Waals surface area contributed by atoms with Gasteiger partial charge in [-0.25, -0.2) is 0 Å². The topological polar surface area (TPSA) is 58.6 Å². The first-order valence-electron chi connectivity index (χ1n) is 9.41. The number of hydrogen-bond acceptors (Lipinski definition) is 3. The molecule has 5 nitrogen and oxygen atoms in total. The van der Waals surface area contributed by atoms with Crippen LogP contribution in [0, 0.1) is 0 Å². The third-order valence-electron chi connectivity index (χ3n) is 4.67. The number of para-hydroxylation sites is 1. The zero-order valence-electron chi connectivity index (χ0n) is 15.4. The van der Waals surface area contributed by atoms with Crippen LogP contribution in [0.5, 0.6) is 5.75 Å². The number of piperidine rings is 1. The Labute approximate surface area is 150 Å². The number of likely N-dealkylation sites (tertiary alicyclic amines) is 1. The van der Waals surface area contributed by atoms with E-state index in [0.29, 0.717) is 19.5 Å². The molecule has 1 aromatic carbocycles. The summed E-state index contributed by atoms with van der Waals surface area (Å²) in [6, 6.07) is 8.02. The van der Waals surface area contributed by atoms with Crippen LogP contribution in [0.15, 0.2) is 24.3 Å². The highest BCUT2D eigenvalue weighted by molar-refractivity contribution is 5.78. The molecule has 2 rings (SSSR count). The number of aryl methyl sites for hydroxylation is 1. The molecule has 2 amide bonds. The largest absolute Gasteiger partial charge is 0.483 e. The zero-order chi connectivity index (χ0) is 18.1. The van der Waals surface area contributed by atoms with Crippen molar-refractivity contribution in [2.24, 2.45) is 0 Å². The SMILES string of the molecule is CCCCC(=O)NC1CCN(C(=O)COc2ccccc2CC)CC1. The Balaban J connectivity index is 1.73. The van der Waals surface area contributed by atoms with Gasteiger partial charge in [-0.15, -0.1) is 0 Å². The van der Waals surface area contributed by atoms with Gasteiger partial charge in [-0.05, 0) is 37.3 Å². The summed E-state index contributed by atoms with van der Waals surface area (Å²) in [5, 5.41) is 3.08. The molecule has 0 aromatic heterocycles. The number of rotatable bonds is 8. The van der Waals surface area contributed by atoms with E-state index in [-0.39, 0.29) is 24.5 Å². The molecule has 0 unspecified atom stereocenters. The van der Waals surface area contributed by atoms with Crippen molar-refractivity contribution in [3.8, 4) is 5.75 Å². The van der Waals surface area contributed by atoms with Crippen LogP contribution in [0.1, 0.15) is 51.5 Å². The average Bonchev–Trinajstić information content (AvgIpc) is 2.65. The number of hydrogen-bond donors (Lipinski definition) is 1. The molecule has 1 aromatic rings.